The predicted molar refractivity (Wildman–Crippen MR) is 83.6 cm³/mol. The second kappa shape index (κ2) is 12.9. The van der Waals surface area contributed by atoms with Gasteiger partial charge in [-0.2, -0.15) is 0 Å². The molecule has 1 rings (SSSR count). The Morgan fingerprint density at radius 3 is 2.31 bits per heavy atom. The van der Waals surface area contributed by atoms with Crippen molar-refractivity contribution in [2.75, 3.05) is 33.5 Å². The summed E-state index contributed by atoms with van der Waals surface area (Å²) in [5, 5.41) is 47.2. The van der Waals surface area contributed by atoms with Gasteiger partial charge in [0.25, 0.3) is 0 Å². The molecule has 0 amide bonds. The van der Waals surface area contributed by atoms with Crippen LogP contribution in [0.1, 0.15) is 5.56 Å². The Morgan fingerprint density at radius 2 is 1.77 bits per heavy atom. The average Bonchev–Trinajstić information content (AvgIpc) is 2.62. The molecule has 0 aliphatic rings. The van der Waals surface area contributed by atoms with Gasteiger partial charge in [0.1, 0.15) is 37.2 Å². The molecule has 0 radical (unpaired) electrons. The number of rotatable bonds is 11. The Labute approximate surface area is 172 Å². The zero-order valence-electron chi connectivity index (χ0n) is 14.6. The minimum absolute atomic E-state index is 0. The number of carbonyl (C=O) groups is 1. The molecular formula is C16H21NaO9. The topological polar surface area (TPSA) is 149 Å². The van der Waals surface area contributed by atoms with Crippen LogP contribution in [0.2, 0.25) is 0 Å². The summed E-state index contributed by atoms with van der Waals surface area (Å²) in [6.45, 7) is -1.66. The van der Waals surface area contributed by atoms with Crippen LogP contribution in [0.5, 0.6) is 11.5 Å². The third-order valence-corrected chi connectivity index (χ3v) is 2.97. The maximum atomic E-state index is 11.1. The van der Waals surface area contributed by atoms with E-state index in [1.54, 1.807) is 0 Å². The maximum absolute atomic E-state index is 11.1. The summed E-state index contributed by atoms with van der Waals surface area (Å²) in [5.74, 6) is -1.58. The number of methoxy groups -OCH3 is 1. The quantitative estimate of drug-likeness (QED) is 0.168. The average molecular weight is 380 g/mol. The smallest absolute Gasteiger partial charge is 0.542 e. The number of carbonyl (C=O) groups excluding carboxylic acids is 1. The third kappa shape index (κ3) is 8.37. The first-order valence-electron chi connectivity index (χ1n) is 7.35. The summed E-state index contributed by atoms with van der Waals surface area (Å²) in [6, 6.07) is 4.49. The molecule has 2 unspecified atom stereocenters. The second-order valence-corrected chi connectivity index (χ2v) is 5.00. The van der Waals surface area contributed by atoms with Crippen LogP contribution >= 0.6 is 0 Å². The molecule has 26 heavy (non-hydrogen) atoms. The Morgan fingerprint density at radius 1 is 1.15 bits per heavy atom. The zero-order valence-corrected chi connectivity index (χ0v) is 16.6. The zero-order chi connectivity index (χ0) is 18.8. The molecular weight excluding hydrogens is 359 g/mol. The number of ether oxygens (including phenoxy) is 3. The van der Waals surface area contributed by atoms with Gasteiger partial charge in [0, 0.05) is 0 Å². The standard InChI is InChI=1S/C16H22O9.Na/c1-23-13-3-2-10(4-14(13)24-8-11(19)6-17)5-15(16(21)22)25-9-12(20)7-18;/h2-5,11-12,17-20H,6-9H2,1H3,(H,21,22);/q;+1/p-1. The summed E-state index contributed by atoms with van der Waals surface area (Å²) in [7, 11) is 1.41. The summed E-state index contributed by atoms with van der Waals surface area (Å²) >= 11 is 0. The van der Waals surface area contributed by atoms with Crippen molar-refractivity contribution in [1.29, 1.82) is 0 Å². The Kier molecular flexibility index (Phi) is 12.3. The van der Waals surface area contributed by atoms with E-state index in [-0.39, 0.29) is 41.9 Å². The Hall–Kier alpha value is -1.33. The molecule has 10 heteroatoms. The molecule has 0 aliphatic heterocycles. The molecule has 4 N–H and O–H groups in total. The molecule has 0 aromatic heterocycles. The van der Waals surface area contributed by atoms with Crippen molar-refractivity contribution in [1.82, 2.24) is 0 Å². The van der Waals surface area contributed by atoms with Crippen molar-refractivity contribution in [3.05, 3.63) is 29.5 Å². The molecule has 0 heterocycles. The fraction of sp³-hybridized carbons (Fsp3) is 0.438. The van der Waals surface area contributed by atoms with E-state index in [4.69, 9.17) is 24.4 Å². The number of aliphatic hydroxyl groups is 4. The molecule has 0 saturated carbocycles. The summed E-state index contributed by atoms with van der Waals surface area (Å²) in [4.78, 5) is 11.1. The molecule has 0 bridgehead atoms. The maximum Gasteiger partial charge on any atom is 1.00 e. The fourth-order valence-corrected chi connectivity index (χ4v) is 1.68. The van der Waals surface area contributed by atoms with Crippen LogP contribution in [0.4, 0.5) is 0 Å². The van der Waals surface area contributed by atoms with E-state index in [0.717, 1.165) is 6.08 Å². The Bertz CT molecular complexity index is 591. The van der Waals surface area contributed by atoms with Crippen LogP contribution in [0, 0.1) is 0 Å². The number of carboxylic acids is 1. The molecule has 1 aromatic carbocycles. The second-order valence-electron chi connectivity index (χ2n) is 5.00. The van der Waals surface area contributed by atoms with Crippen molar-refractivity contribution >= 4 is 12.0 Å². The van der Waals surface area contributed by atoms with Gasteiger partial charge >= 0.3 is 29.6 Å². The first kappa shape index (κ1) is 24.7. The molecule has 9 nitrogen and oxygen atoms in total. The van der Waals surface area contributed by atoms with E-state index in [1.807, 2.05) is 0 Å². The minimum atomic E-state index is -1.60. The number of hydrogen-bond donors (Lipinski definition) is 4. The van der Waals surface area contributed by atoms with Crippen LogP contribution in [-0.4, -0.2) is 72.1 Å². The van der Waals surface area contributed by atoms with Gasteiger partial charge in [-0.25, -0.2) is 0 Å². The van der Waals surface area contributed by atoms with E-state index < -0.39 is 43.8 Å². The minimum Gasteiger partial charge on any atom is -0.542 e. The van der Waals surface area contributed by atoms with E-state index in [2.05, 4.69) is 0 Å². The van der Waals surface area contributed by atoms with Crippen LogP contribution in [0.25, 0.3) is 6.08 Å². The van der Waals surface area contributed by atoms with Gasteiger partial charge in [-0.15, -0.1) is 0 Å². The van der Waals surface area contributed by atoms with Crippen molar-refractivity contribution in [3.63, 3.8) is 0 Å². The Balaban J connectivity index is 0.00000625. The monoisotopic (exact) mass is 380 g/mol. The van der Waals surface area contributed by atoms with Gasteiger partial charge < -0.3 is 44.5 Å². The van der Waals surface area contributed by atoms with Gasteiger partial charge in [-0.1, -0.05) is 6.07 Å². The third-order valence-electron chi connectivity index (χ3n) is 2.97. The SMILES string of the molecule is COc1ccc(C=C(OCC(O)CO)C(=O)[O-])cc1OCC(O)CO.[Na+]. The van der Waals surface area contributed by atoms with Gasteiger partial charge in [0.05, 0.1) is 20.3 Å². The molecule has 1 aromatic rings. The van der Waals surface area contributed by atoms with Crippen LogP contribution < -0.4 is 44.1 Å². The van der Waals surface area contributed by atoms with Crippen molar-refractivity contribution in [3.8, 4) is 11.5 Å². The van der Waals surface area contributed by atoms with Gasteiger partial charge in [-0.05, 0) is 23.8 Å². The molecule has 0 spiro atoms. The van der Waals surface area contributed by atoms with E-state index in [0.29, 0.717) is 11.3 Å². The largest absolute Gasteiger partial charge is 1.00 e. The van der Waals surface area contributed by atoms with Crippen LogP contribution in [0.15, 0.2) is 24.0 Å². The molecule has 2 atom stereocenters. The molecule has 0 aliphatic carbocycles. The van der Waals surface area contributed by atoms with Gasteiger partial charge in [0.15, 0.2) is 11.5 Å². The number of carboxylic acid groups (broad SMARTS) is 1. The van der Waals surface area contributed by atoms with Crippen LogP contribution in [0.3, 0.4) is 0 Å². The van der Waals surface area contributed by atoms with Crippen molar-refractivity contribution < 1.29 is 74.1 Å². The van der Waals surface area contributed by atoms with E-state index in [1.165, 1.54) is 25.3 Å². The number of aliphatic carboxylic acids is 1. The van der Waals surface area contributed by atoms with Gasteiger partial charge in [0.2, 0.25) is 0 Å². The summed E-state index contributed by atoms with van der Waals surface area (Å²) < 4.78 is 15.4. The molecule has 0 fully saturated rings. The number of aliphatic hydroxyl groups excluding tert-OH is 4. The van der Waals surface area contributed by atoms with E-state index in [9.17, 15) is 20.1 Å². The van der Waals surface area contributed by atoms with Crippen molar-refractivity contribution in [2.24, 2.45) is 0 Å². The molecule has 0 saturated heterocycles. The van der Waals surface area contributed by atoms with E-state index >= 15 is 0 Å². The van der Waals surface area contributed by atoms with Crippen molar-refractivity contribution in [2.45, 2.75) is 12.2 Å². The summed E-state index contributed by atoms with van der Waals surface area (Å²) in [5.41, 5.74) is 0.368. The fourth-order valence-electron chi connectivity index (χ4n) is 1.68. The van der Waals surface area contributed by atoms with Gasteiger partial charge in [-0.3, -0.25) is 0 Å². The first-order chi connectivity index (χ1) is 11.9. The summed E-state index contributed by atoms with van der Waals surface area (Å²) in [6.07, 6.45) is -1.16. The predicted octanol–water partition coefficient (Wildman–Crippen LogP) is -5.11. The number of hydrogen-bond acceptors (Lipinski definition) is 9. The normalized spacial score (nSPS) is 13.3. The number of benzene rings is 1. The molecule has 140 valence electrons. The first-order valence-corrected chi connectivity index (χ1v) is 7.35. The van der Waals surface area contributed by atoms with Crippen LogP contribution in [-0.2, 0) is 9.53 Å².